The van der Waals surface area contributed by atoms with Crippen LogP contribution in [0.2, 0.25) is 0 Å². The molecule has 1 N–H and O–H groups in total. The van der Waals surface area contributed by atoms with E-state index in [1.54, 1.807) is 6.92 Å². The Morgan fingerprint density at radius 1 is 1.24 bits per heavy atom. The van der Waals surface area contributed by atoms with Crippen molar-refractivity contribution < 1.29 is 4.79 Å². The summed E-state index contributed by atoms with van der Waals surface area (Å²) in [4.78, 5) is 10.8. The Morgan fingerprint density at radius 2 is 1.88 bits per heavy atom. The molecule has 1 rings (SSSR count). The first kappa shape index (κ1) is 14.7. The maximum Gasteiger partial charge on any atom is 0.129 e. The van der Waals surface area contributed by atoms with Crippen molar-refractivity contribution in [1.29, 1.82) is 0 Å². The SMILES string of the molecule is CC(=O)CCCNCC(C)(C)C1CCCCC1. The summed E-state index contributed by atoms with van der Waals surface area (Å²) < 4.78 is 0. The average molecular weight is 239 g/mol. The van der Waals surface area contributed by atoms with E-state index in [1.807, 2.05) is 0 Å². The Hall–Kier alpha value is -0.370. The molecule has 0 unspecified atom stereocenters. The minimum absolute atomic E-state index is 0.304. The molecule has 1 fully saturated rings. The maximum absolute atomic E-state index is 10.8. The second-order valence-electron chi connectivity index (χ2n) is 6.31. The summed E-state index contributed by atoms with van der Waals surface area (Å²) >= 11 is 0. The number of hydrogen-bond donors (Lipinski definition) is 1. The predicted molar refractivity (Wildman–Crippen MR) is 73.1 cm³/mol. The average Bonchev–Trinajstić information content (AvgIpc) is 2.29. The van der Waals surface area contributed by atoms with E-state index >= 15 is 0 Å². The quantitative estimate of drug-likeness (QED) is 0.688. The largest absolute Gasteiger partial charge is 0.316 e. The third-order valence-electron chi connectivity index (χ3n) is 4.17. The molecule has 0 aliphatic heterocycles. The molecule has 0 aromatic carbocycles. The molecule has 0 aromatic rings. The van der Waals surface area contributed by atoms with Crippen LogP contribution in [0.15, 0.2) is 0 Å². The van der Waals surface area contributed by atoms with Gasteiger partial charge in [0.25, 0.3) is 0 Å². The number of hydrogen-bond acceptors (Lipinski definition) is 2. The monoisotopic (exact) mass is 239 g/mol. The van der Waals surface area contributed by atoms with Crippen molar-refractivity contribution in [1.82, 2.24) is 5.32 Å². The minimum Gasteiger partial charge on any atom is -0.316 e. The minimum atomic E-state index is 0.304. The summed E-state index contributed by atoms with van der Waals surface area (Å²) in [6, 6.07) is 0. The Bertz CT molecular complexity index is 229. The van der Waals surface area contributed by atoms with Gasteiger partial charge in [0.1, 0.15) is 5.78 Å². The number of ketones is 1. The van der Waals surface area contributed by atoms with Gasteiger partial charge >= 0.3 is 0 Å². The maximum atomic E-state index is 10.8. The number of nitrogens with one attached hydrogen (secondary N) is 1. The van der Waals surface area contributed by atoms with E-state index < -0.39 is 0 Å². The van der Waals surface area contributed by atoms with Crippen molar-refractivity contribution in [2.24, 2.45) is 11.3 Å². The summed E-state index contributed by atoms with van der Waals surface area (Å²) in [6.07, 6.45) is 8.77. The molecule has 1 saturated carbocycles. The van der Waals surface area contributed by atoms with Crippen LogP contribution in [-0.2, 0) is 4.79 Å². The second-order valence-corrected chi connectivity index (χ2v) is 6.31. The van der Waals surface area contributed by atoms with E-state index in [9.17, 15) is 4.79 Å². The molecular weight excluding hydrogens is 210 g/mol. The smallest absolute Gasteiger partial charge is 0.129 e. The van der Waals surface area contributed by atoms with E-state index in [0.29, 0.717) is 11.2 Å². The molecule has 0 aromatic heterocycles. The van der Waals surface area contributed by atoms with Gasteiger partial charge in [0, 0.05) is 13.0 Å². The zero-order valence-corrected chi connectivity index (χ0v) is 11.8. The molecule has 0 spiro atoms. The van der Waals surface area contributed by atoms with Crippen LogP contribution in [0.5, 0.6) is 0 Å². The second kappa shape index (κ2) is 7.15. The third-order valence-corrected chi connectivity index (χ3v) is 4.17. The topological polar surface area (TPSA) is 29.1 Å². The van der Waals surface area contributed by atoms with Crippen LogP contribution < -0.4 is 5.32 Å². The summed E-state index contributed by atoms with van der Waals surface area (Å²) in [6.45, 7) is 8.53. The van der Waals surface area contributed by atoms with E-state index in [1.165, 1.54) is 32.1 Å². The lowest BCUT2D eigenvalue weighted by Crippen LogP contribution is -2.37. The number of carbonyl (C=O) groups is 1. The molecule has 2 nitrogen and oxygen atoms in total. The standard InChI is InChI=1S/C15H29NO/c1-13(17)8-7-11-16-12-15(2,3)14-9-5-4-6-10-14/h14,16H,4-12H2,1-3H3. The van der Waals surface area contributed by atoms with Crippen LogP contribution >= 0.6 is 0 Å². The highest BCUT2D eigenvalue weighted by Gasteiger charge is 2.29. The van der Waals surface area contributed by atoms with E-state index in [-0.39, 0.29) is 0 Å². The van der Waals surface area contributed by atoms with Crippen LogP contribution in [0.1, 0.15) is 65.7 Å². The lowest BCUT2D eigenvalue weighted by Gasteiger charge is -2.37. The van der Waals surface area contributed by atoms with E-state index in [0.717, 1.165) is 31.8 Å². The number of carbonyl (C=O) groups excluding carboxylic acids is 1. The van der Waals surface area contributed by atoms with Crippen LogP contribution in [0.4, 0.5) is 0 Å². The first-order valence-electron chi connectivity index (χ1n) is 7.22. The normalized spacial score (nSPS) is 18.3. The molecule has 0 amide bonds. The van der Waals surface area contributed by atoms with Crippen molar-refractivity contribution in [3.8, 4) is 0 Å². The molecule has 0 heterocycles. The molecule has 0 radical (unpaired) electrons. The molecular formula is C15H29NO. The van der Waals surface area contributed by atoms with Crippen LogP contribution in [-0.4, -0.2) is 18.9 Å². The Labute approximate surface area is 107 Å². The van der Waals surface area contributed by atoms with Crippen LogP contribution in [0, 0.1) is 11.3 Å². The summed E-state index contributed by atoms with van der Waals surface area (Å²) in [5.74, 6) is 1.19. The zero-order valence-electron chi connectivity index (χ0n) is 11.8. The molecule has 100 valence electrons. The summed E-state index contributed by atoms with van der Waals surface area (Å²) in [7, 11) is 0. The molecule has 0 saturated heterocycles. The van der Waals surface area contributed by atoms with Crippen molar-refractivity contribution in [2.45, 2.75) is 65.7 Å². The molecule has 0 atom stereocenters. The van der Waals surface area contributed by atoms with E-state index in [2.05, 4.69) is 19.2 Å². The van der Waals surface area contributed by atoms with Gasteiger partial charge in [-0.15, -0.1) is 0 Å². The number of Topliss-reactive ketones (excluding diaryl/α,β-unsaturated/α-hetero) is 1. The molecule has 2 heteroatoms. The van der Waals surface area contributed by atoms with Gasteiger partial charge in [-0.25, -0.2) is 0 Å². The van der Waals surface area contributed by atoms with Gasteiger partial charge in [0.2, 0.25) is 0 Å². The van der Waals surface area contributed by atoms with E-state index in [4.69, 9.17) is 0 Å². The Balaban J connectivity index is 2.17. The molecule has 17 heavy (non-hydrogen) atoms. The van der Waals surface area contributed by atoms with Crippen LogP contribution in [0.25, 0.3) is 0 Å². The molecule has 1 aliphatic rings. The highest BCUT2D eigenvalue weighted by Crippen LogP contribution is 2.37. The highest BCUT2D eigenvalue weighted by atomic mass is 16.1. The van der Waals surface area contributed by atoms with Gasteiger partial charge in [-0.05, 0) is 44.1 Å². The third kappa shape index (κ3) is 5.67. The van der Waals surface area contributed by atoms with Gasteiger partial charge in [0.15, 0.2) is 0 Å². The van der Waals surface area contributed by atoms with Gasteiger partial charge < -0.3 is 10.1 Å². The lowest BCUT2D eigenvalue weighted by atomic mass is 9.71. The fraction of sp³-hybridized carbons (Fsp3) is 0.933. The van der Waals surface area contributed by atoms with Crippen molar-refractivity contribution in [2.75, 3.05) is 13.1 Å². The highest BCUT2D eigenvalue weighted by molar-refractivity contribution is 5.75. The van der Waals surface area contributed by atoms with Crippen molar-refractivity contribution >= 4 is 5.78 Å². The Kier molecular flexibility index (Phi) is 6.18. The Morgan fingerprint density at radius 3 is 2.47 bits per heavy atom. The van der Waals surface area contributed by atoms with Gasteiger partial charge in [-0.3, -0.25) is 0 Å². The fourth-order valence-electron chi connectivity index (χ4n) is 2.90. The van der Waals surface area contributed by atoms with Crippen molar-refractivity contribution in [3.05, 3.63) is 0 Å². The van der Waals surface area contributed by atoms with Gasteiger partial charge in [0.05, 0.1) is 0 Å². The summed E-state index contributed by atoms with van der Waals surface area (Å²) in [5, 5.41) is 3.53. The van der Waals surface area contributed by atoms with Crippen LogP contribution in [0.3, 0.4) is 0 Å². The molecule has 0 bridgehead atoms. The fourth-order valence-corrected chi connectivity index (χ4v) is 2.90. The summed E-state index contributed by atoms with van der Waals surface area (Å²) in [5.41, 5.74) is 0.413. The van der Waals surface area contributed by atoms with Crippen molar-refractivity contribution in [3.63, 3.8) is 0 Å². The van der Waals surface area contributed by atoms with Gasteiger partial charge in [-0.2, -0.15) is 0 Å². The lowest BCUT2D eigenvalue weighted by molar-refractivity contribution is -0.117. The van der Waals surface area contributed by atoms with Gasteiger partial charge in [-0.1, -0.05) is 33.1 Å². The number of rotatable bonds is 7. The first-order chi connectivity index (χ1) is 8.02. The predicted octanol–water partition coefficient (Wildman–Crippen LogP) is 3.55. The zero-order chi connectivity index (χ0) is 12.7. The first-order valence-corrected chi connectivity index (χ1v) is 7.22. The molecule has 1 aliphatic carbocycles.